The predicted molar refractivity (Wildman–Crippen MR) is 170 cm³/mol. The molecule has 0 atom stereocenters. The van der Waals surface area contributed by atoms with Gasteiger partial charge in [-0.3, -0.25) is 0 Å². The fourth-order valence-corrected chi connectivity index (χ4v) is 3.38. The van der Waals surface area contributed by atoms with Crippen LogP contribution in [0.25, 0.3) is 0 Å². The number of rotatable bonds is 42. The second kappa shape index (κ2) is 39.8. The molecule has 0 amide bonds. The van der Waals surface area contributed by atoms with Crippen LogP contribution in [0.2, 0.25) is 0 Å². The lowest BCUT2D eigenvalue weighted by Gasteiger charge is -2.31. The highest BCUT2D eigenvalue weighted by Gasteiger charge is 2.31. The highest BCUT2D eigenvalue weighted by atomic mass is 16.6. The standard InChI is InChI=1S/C31H64O16/c1-33-4-7-36-10-13-39-16-18-42-22-24-45-29-31(28-32,47-27-26-44-21-20-41-15-12-38-9-6-35-3)30-46-25-23-43-19-17-40-14-11-37-8-5-34-2/h32H,4-30H2,1-3H3. The molecule has 0 unspecified atom stereocenters. The van der Waals surface area contributed by atoms with Gasteiger partial charge in [0.25, 0.3) is 0 Å². The first-order valence-corrected chi connectivity index (χ1v) is 16.3. The molecule has 16 heteroatoms. The summed E-state index contributed by atoms with van der Waals surface area (Å²) in [5.74, 6) is 0. The fraction of sp³-hybridized carbons (Fsp3) is 1.00. The topological polar surface area (TPSA) is 159 Å². The summed E-state index contributed by atoms with van der Waals surface area (Å²) in [5.41, 5.74) is -1.07. The summed E-state index contributed by atoms with van der Waals surface area (Å²) in [4.78, 5) is 0. The van der Waals surface area contributed by atoms with Crippen LogP contribution in [0.1, 0.15) is 0 Å². The highest BCUT2D eigenvalue weighted by molar-refractivity contribution is 4.80. The van der Waals surface area contributed by atoms with E-state index in [4.69, 9.17) is 71.1 Å². The molecule has 0 aromatic carbocycles. The summed E-state index contributed by atoms with van der Waals surface area (Å²) < 4.78 is 81.5. The molecule has 0 aromatic rings. The highest BCUT2D eigenvalue weighted by Crippen LogP contribution is 2.13. The van der Waals surface area contributed by atoms with Crippen molar-refractivity contribution in [2.75, 3.05) is 200 Å². The van der Waals surface area contributed by atoms with Crippen LogP contribution in [0.5, 0.6) is 0 Å². The molecule has 0 bridgehead atoms. The lowest BCUT2D eigenvalue weighted by molar-refractivity contribution is -0.168. The van der Waals surface area contributed by atoms with E-state index in [0.29, 0.717) is 152 Å². The average molecular weight is 693 g/mol. The molecule has 284 valence electrons. The quantitative estimate of drug-likeness (QED) is 0.0842. The summed E-state index contributed by atoms with van der Waals surface area (Å²) in [5, 5.41) is 10.2. The van der Waals surface area contributed by atoms with Crippen LogP contribution in [-0.4, -0.2) is 210 Å². The molecule has 1 N–H and O–H groups in total. The van der Waals surface area contributed by atoms with Crippen LogP contribution in [0.4, 0.5) is 0 Å². The summed E-state index contributed by atoms with van der Waals surface area (Å²) in [6, 6.07) is 0. The Hall–Kier alpha value is -0.640. The first-order valence-electron chi connectivity index (χ1n) is 16.3. The van der Waals surface area contributed by atoms with Crippen molar-refractivity contribution in [2.24, 2.45) is 0 Å². The van der Waals surface area contributed by atoms with Gasteiger partial charge in [0.05, 0.1) is 178 Å². The van der Waals surface area contributed by atoms with Crippen LogP contribution >= 0.6 is 0 Å². The molecule has 47 heavy (non-hydrogen) atoms. The molecular formula is C31H64O16. The third-order valence-corrected chi connectivity index (χ3v) is 5.93. The van der Waals surface area contributed by atoms with Crippen LogP contribution in [-0.2, 0) is 71.1 Å². The minimum Gasteiger partial charge on any atom is -0.393 e. The molecule has 0 heterocycles. The molecule has 0 aliphatic carbocycles. The molecule has 0 saturated carbocycles. The molecule has 0 fully saturated rings. The molecule has 0 radical (unpaired) electrons. The Kier molecular flexibility index (Phi) is 39.3. The van der Waals surface area contributed by atoms with Crippen LogP contribution in [0.3, 0.4) is 0 Å². The number of hydrogen-bond donors (Lipinski definition) is 1. The lowest BCUT2D eigenvalue weighted by Crippen LogP contribution is -2.47. The lowest BCUT2D eigenvalue weighted by atomic mass is 10.1. The van der Waals surface area contributed by atoms with Gasteiger partial charge in [0.1, 0.15) is 5.60 Å². The summed E-state index contributed by atoms with van der Waals surface area (Å²) in [6.07, 6.45) is 0. The van der Waals surface area contributed by atoms with Crippen molar-refractivity contribution in [3.05, 3.63) is 0 Å². The third-order valence-electron chi connectivity index (χ3n) is 5.93. The molecule has 0 rings (SSSR count). The first kappa shape index (κ1) is 46.4. The van der Waals surface area contributed by atoms with Gasteiger partial charge in [-0.05, 0) is 0 Å². The smallest absolute Gasteiger partial charge is 0.138 e. The fourth-order valence-electron chi connectivity index (χ4n) is 3.38. The second-order valence-corrected chi connectivity index (χ2v) is 9.78. The number of ether oxygens (including phenoxy) is 15. The van der Waals surface area contributed by atoms with Gasteiger partial charge in [-0.2, -0.15) is 0 Å². The van der Waals surface area contributed by atoms with Gasteiger partial charge in [-0.1, -0.05) is 0 Å². The second-order valence-electron chi connectivity index (χ2n) is 9.78. The van der Waals surface area contributed by atoms with E-state index in [1.165, 1.54) is 0 Å². The maximum atomic E-state index is 10.2. The maximum Gasteiger partial charge on any atom is 0.138 e. The largest absolute Gasteiger partial charge is 0.393 e. The van der Waals surface area contributed by atoms with Crippen LogP contribution in [0, 0.1) is 0 Å². The summed E-state index contributed by atoms with van der Waals surface area (Å²) in [6.45, 7) is 10.7. The van der Waals surface area contributed by atoms with Crippen LogP contribution in [0.15, 0.2) is 0 Å². The Morgan fingerprint density at radius 1 is 0.298 bits per heavy atom. The van der Waals surface area contributed by atoms with Crippen molar-refractivity contribution >= 4 is 0 Å². The molecule has 0 spiro atoms. The van der Waals surface area contributed by atoms with Crippen molar-refractivity contribution in [3.8, 4) is 0 Å². The van der Waals surface area contributed by atoms with E-state index < -0.39 is 5.60 Å². The van der Waals surface area contributed by atoms with Crippen molar-refractivity contribution in [1.29, 1.82) is 0 Å². The van der Waals surface area contributed by atoms with Gasteiger partial charge >= 0.3 is 0 Å². The van der Waals surface area contributed by atoms with E-state index in [2.05, 4.69) is 0 Å². The van der Waals surface area contributed by atoms with Gasteiger partial charge < -0.3 is 76.2 Å². The van der Waals surface area contributed by atoms with E-state index in [1.54, 1.807) is 21.3 Å². The first-order chi connectivity index (χ1) is 23.2. The Balaban J connectivity index is 4.20. The molecule has 16 nitrogen and oxygen atoms in total. The predicted octanol–water partition coefficient (Wildman–Crippen LogP) is -0.144. The minimum atomic E-state index is -1.07. The minimum absolute atomic E-state index is 0.107. The van der Waals surface area contributed by atoms with Crippen LogP contribution < -0.4 is 0 Å². The number of aliphatic hydroxyl groups is 1. The Morgan fingerprint density at radius 3 is 0.745 bits per heavy atom. The van der Waals surface area contributed by atoms with Crippen molar-refractivity contribution in [2.45, 2.75) is 5.60 Å². The Labute approximate surface area is 281 Å². The zero-order valence-corrected chi connectivity index (χ0v) is 29.2. The maximum absolute atomic E-state index is 10.2. The van der Waals surface area contributed by atoms with E-state index in [0.717, 1.165) is 0 Å². The van der Waals surface area contributed by atoms with Gasteiger partial charge in [-0.25, -0.2) is 0 Å². The number of aliphatic hydroxyl groups excluding tert-OH is 1. The molecular weight excluding hydrogens is 628 g/mol. The third kappa shape index (κ3) is 35.0. The molecule has 0 saturated heterocycles. The average Bonchev–Trinajstić information content (AvgIpc) is 3.09. The molecule has 0 aliphatic rings. The molecule has 0 aromatic heterocycles. The molecule has 0 aliphatic heterocycles. The van der Waals surface area contributed by atoms with Crippen molar-refractivity contribution in [3.63, 3.8) is 0 Å². The monoisotopic (exact) mass is 692 g/mol. The Bertz CT molecular complexity index is 548. The van der Waals surface area contributed by atoms with Gasteiger partial charge in [-0.15, -0.1) is 0 Å². The number of hydrogen-bond acceptors (Lipinski definition) is 16. The normalized spacial score (nSPS) is 12.0. The Morgan fingerprint density at radius 2 is 0.511 bits per heavy atom. The zero-order chi connectivity index (χ0) is 34.2. The van der Waals surface area contributed by atoms with Gasteiger partial charge in [0, 0.05) is 21.3 Å². The van der Waals surface area contributed by atoms with Crippen molar-refractivity contribution < 1.29 is 76.2 Å². The zero-order valence-electron chi connectivity index (χ0n) is 29.2. The summed E-state index contributed by atoms with van der Waals surface area (Å²) in [7, 11) is 4.89. The van der Waals surface area contributed by atoms with E-state index in [9.17, 15) is 5.11 Å². The van der Waals surface area contributed by atoms with Gasteiger partial charge in [0.2, 0.25) is 0 Å². The summed E-state index contributed by atoms with van der Waals surface area (Å²) >= 11 is 0. The van der Waals surface area contributed by atoms with Gasteiger partial charge in [0.15, 0.2) is 0 Å². The van der Waals surface area contributed by atoms with Crippen molar-refractivity contribution in [1.82, 2.24) is 0 Å². The van der Waals surface area contributed by atoms with E-state index in [-0.39, 0.29) is 26.4 Å². The van der Waals surface area contributed by atoms with E-state index in [1.807, 2.05) is 0 Å². The SMILES string of the molecule is COCCOCCOCCOCCOCC(CO)(COCCOCCOCCOCCOC)OCCOCCOCCOCCOC. The number of methoxy groups -OCH3 is 3. The van der Waals surface area contributed by atoms with E-state index >= 15 is 0 Å².